The van der Waals surface area contributed by atoms with E-state index in [-0.39, 0.29) is 64.4 Å². The fraction of sp³-hybridized carbons (Fsp3) is 0. The van der Waals surface area contributed by atoms with Crippen molar-refractivity contribution in [3.05, 3.63) is 0 Å². The Bertz CT molecular complexity index is 8.00. The second-order valence-corrected chi connectivity index (χ2v) is 0. The van der Waals surface area contributed by atoms with E-state index in [4.69, 9.17) is 0 Å². The predicted molar refractivity (Wildman–Crippen MR) is 7.89 cm³/mol. The predicted octanol–water partition coefficient (Wildman–Crippen LogP) is -0.866. The van der Waals surface area contributed by atoms with Gasteiger partial charge in [0.25, 0.3) is 0 Å². The second-order valence-electron chi connectivity index (χ2n) is 0. The zero-order chi connectivity index (χ0) is 0. The molecule has 1 nitrogen and oxygen atoms in total. The topological polar surface area (TPSA) is 30.5 Å². The molecule has 4 heteroatoms. The van der Waals surface area contributed by atoms with E-state index >= 15 is 0 Å². The minimum absolute atomic E-state index is 0. The van der Waals surface area contributed by atoms with Crippen molar-refractivity contribution in [3.63, 3.8) is 0 Å². The average Bonchev–Trinajstić information content (AvgIpc) is 0. The summed E-state index contributed by atoms with van der Waals surface area (Å²) in [5.41, 5.74) is 0. The van der Waals surface area contributed by atoms with Crippen molar-refractivity contribution in [2.24, 2.45) is 0 Å². The van der Waals surface area contributed by atoms with E-state index in [2.05, 4.69) is 0 Å². The fourth-order valence-corrected chi connectivity index (χ4v) is 0. The van der Waals surface area contributed by atoms with Crippen molar-refractivity contribution >= 4 is 17.4 Å². The van der Waals surface area contributed by atoms with Gasteiger partial charge in [-0.05, 0) is 0 Å². The summed E-state index contributed by atoms with van der Waals surface area (Å²) < 4.78 is 0. The Kier molecular flexibility index (Phi) is 217. The molecule has 0 unspecified atom stereocenters. The Morgan fingerprint density at radius 3 is 1.00 bits per heavy atom. The minimum Gasteiger partial charge on any atom is 0 e. The van der Waals surface area contributed by atoms with Crippen LogP contribution < -0.4 is 6.15 Å². The van der Waals surface area contributed by atoms with Gasteiger partial charge in [0.1, 0.15) is 0 Å². The molecule has 0 saturated heterocycles. The number of rotatable bonds is 0. The Balaban J connectivity index is 0. The fourth-order valence-electron chi connectivity index (χ4n) is 0. The van der Waals surface area contributed by atoms with Gasteiger partial charge in [0.2, 0.25) is 0 Å². The van der Waals surface area contributed by atoms with Gasteiger partial charge in [0.05, 0.1) is 0 Å². The third kappa shape index (κ3) is 9.17. The zero-order valence-corrected chi connectivity index (χ0v) is 6.67. The summed E-state index contributed by atoms with van der Waals surface area (Å²) in [6, 6.07) is 0. The summed E-state index contributed by atoms with van der Waals surface area (Å²) in [6.07, 6.45) is 0. The van der Waals surface area contributed by atoms with Gasteiger partial charge in [0, 0.05) is 64.4 Å². The van der Waals surface area contributed by atoms with Crippen LogP contribution in [0.2, 0.25) is 0 Å². The van der Waals surface area contributed by atoms with E-state index in [9.17, 15) is 0 Å². The maximum atomic E-state index is 0. The number of hydrogen-bond donors (Lipinski definition) is 0. The van der Waals surface area contributed by atoms with Crippen molar-refractivity contribution < 1.29 is 40.9 Å². The van der Waals surface area contributed by atoms with Gasteiger partial charge in [-0.1, -0.05) is 0 Å². The number of nitrogens with zero attached hydrogens (tertiary/aromatic N) is 1. The average molecular weight is 185 g/mol. The molecule has 0 aliphatic heterocycles. The summed E-state index contributed by atoms with van der Waals surface area (Å²) in [6.45, 7) is 0. The first-order valence-electron chi connectivity index (χ1n) is 0. The van der Waals surface area contributed by atoms with E-state index in [1.54, 1.807) is 0 Å². The molecule has 0 fully saturated rings. The first-order valence-corrected chi connectivity index (χ1v) is 0. The third-order valence-corrected chi connectivity index (χ3v) is 0. The summed E-state index contributed by atoms with van der Waals surface area (Å²) in [5.74, 6) is 0. The molecule has 0 aliphatic carbocycles. The van der Waals surface area contributed by atoms with Crippen LogP contribution in [0, 0.1) is 0 Å². The molecule has 8 radical (unpaired) electrons. The van der Waals surface area contributed by atoms with E-state index in [0.29, 0.717) is 0 Å². The van der Waals surface area contributed by atoms with E-state index in [1.165, 1.54) is 0 Å². The number of hydrogen-bond acceptors (Lipinski definition) is 0. The van der Waals surface area contributed by atoms with Gasteiger partial charge in [-0.3, -0.25) is 0 Å². The zero-order valence-electron chi connectivity index (χ0n) is 1.92. The van der Waals surface area contributed by atoms with Gasteiger partial charge in [0.15, 0.2) is 0 Å². The second kappa shape index (κ2) is 21.3. The summed E-state index contributed by atoms with van der Waals surface area (Å²) in [4.78, 5) is 0. The molecule has 0 bridgehead atoms. The third-order valence-electron chi connectivity index (χ3n) is 0. The minimum atomic E-state index is 0. The SMILES string of the molecule is [Al].[N].[Nb].[V]. The van der Waals surface area contributed by atoms with Gasteiger partial charge < -0.3 is 0 Å². The monoisotopic (exact) mass is 185 g/mol. The summed E-state index contributed by atoms with van der Waals surface area (Å²) >= 11 is 0. The van der Waals surface area contributed by atoms with Crippen LogP contribution in [0.15, 0.2) is 0 Å². The molecule has 4 heavy (non-hydrogen) atoms. The molecule has 0 spiro atoms. The normalized spacial score (nSPS) is 0. The molecule has 0 atom stereocenters. The molecule has 0 N–H and O–H groups in total. The Morgan fingerprint density at radius 1 is 1.00 bits per heavy atom. The molecular formula is AlNNbV. The van der Waals surface area contributed by atoms with E-state index in [0.717, 1.165) is 0 Å². The van der Waals surface area contributed by atoms with Crippen LogP contribution in [0.3, 0.4) is 0 Å². The molecular weight excluding hydrogens is 185 g/mol. The van der Waals surface area contributed by atoms with Crippen LogP contribution in [0.1, 0.15) is 0 Å². The van der Waals surface area contributed by atoms with E-state index < -0.39 is 0 Å². The molecule has 0 amide bonds. The van der Waals surface area contributed by atoms with Gasteiger partial charge >= 0.3 is 0 Å². The van der Waals surface area contributed by atoms with Crippen LogP contribution >= 0.6 is 0 Å². The molecule has 0 rings (SSSR count). The van der Waals surface area contributed by atoms with E-state index in [1.807, 2.05) is 0 Å². The first kappa shape index (κ1) is 40.9. The molecule has 0 aromatic heterocycles. The Labute approximate surface area is 64.0 Å². The molecule has 18 valence electrons. The van der Waals surface area contributed by atoms with Crippen LogP contribution in [-0.4, -0.2) is 17.4 Å². The van der Waals surface area contributed by atoms with Crippen LogP contribution in [0.25, 0.3) is 0 Å². The molecule has 0 aromatic rings. The molecule has 0 heterocycles. The van der Waals surface area contributed by atoms with Gasteiger partial charge in [-0.15, -0.1) is 0 Å². The Hall–Kier alpha value is 1.82. The largest absolute Gasteiger partial charge is 0 e. The van der Waals surface area contributed by atoms with Gasteiger partial charge in [-0.25, -0.2) is 0 Å². The quantitative estimate of drug-likeness (QED) is 0.439. The standard InChI is InChI=1S/Al.N.Nb.V. The van der Waals surface area contributed by atoms with Crippen molar-refractivity contribution in [1.82, 2.24) is 6.15 Å². The molecule has 0 saturated carbocycles. The van der Waals surface area contributed by atoms with Crippen molar-refractivity contribution in [2.45, 2.75) is 0 Å². The van der Waals surface area contributed by atoms with Gasteiger partial charge in [-0.2, -0.15) is 0 Å². The Morgan fingerprint density at radius 2 is 1.00 bits per heavy atom. The first-order chi connectivity index (χ1) is 0. The summed E-state index contributed by atoms with van der Waals surface area (Å²) in [7, 11) is 0. The smallest absolute Gasteiger partial charge is 0 e. The maximum absolute atomic E-state index is 0. The van der Waals surface area contributed by atoms with Crippen molar-refractivity contribution in [1.29, 1.82) is 0 Å². The molecule has 0 aliphatic rings. The van der Waals surface area contributed by atoms with Crippen LogP contribution in [0.5, 0.6) is 0 Å². The summed E-state index contributed by atoms with van der Waals surface area (Å²) in [5, 5.41) is 0. The van der Waals surface area contributed by atoms with Crippen molar-refractivity contribution in [3.8, 4) is 0 Å². The molecule has 0 aromatic carbocycles. The van der Waals surface area contributed by atoms with Crippen molar-refractivity contribution in [2.75, 3.05) is 0 Å². The maximum Gasteiger partial charge on any atom is 0 e. The van der Waals surface area contributed by atoms with Crippen LogP contribution in [-0.2, 0) is 40.9 Å². The van der Waals surface area contributed by atoms with Crippen LogP contribution in [0.4, 0.5) is 0 Å².